The van der Waals surface area contributed by atoms with Crippen molar-refractivity contribution in [1.29, 1.82) is 0 Å². The predicted molar refractivity (Wildman–Crippen MR) is 157 cm³/mol. The van der Waals surface area contributed by atoms with Crippen LogP contribution in [0.2, 0.25) is 0 Å². The molecule has 261 valence electrons. The molecular weight excluding hydrogens is 848 g/mol. The van der Waals surface area contributed by atoms with Gasteiger partial charge in [0.1, 0.15) is 23.3 Å². The van der Waals surface area contributed by atoms with Gasteiger partial charge in [-0.15, -0.1) is 16.8 Å². The molecule has 0 aliphatic heterocycles. The molecule has 0 N–H and O–H groups in total. The minimum atomic E-state index is -2.21. The molecule has 5 aromatic carbocycles. The summed E-state index contributed by atoms with van der Waals surface area (Å²) in [5.74, 6) is -29.2. The summed E-state index contributed by atoms with van der Waals surface area (Å²) in [5.41, 5.74) is 0.000185. The summed E-state index contributed by atoms with van der Waals surface area (Å²) >= 11 is 2.22. The third-order valence-corrected chi connectivity index (χ3v) is 5.86. The molecule has 0 bridgehead atoms. The summed E-state index contributed by atoms with van der Waals surface area (Å²) in [4.78, 5) is 0. The second kappa shape index (κ2) is 22.1. The standard InChI is InChI=1S/C12H10N.C6H3BF5.C6BF5.C6BrF5.K.Ti/c1-3-7-11(8-4-1)13-12-9-5-2-6-10-12;3*7-1-2(8)4(10)6(12)5(11)3(1)9;;/h1-10H;7H3;;;;/q3*-1;;+1;+2. The zero-order valence-electron chi connectivity index (χ0n) is 24.3. The van der Waals surface area contributed by atoms with E-state index in [-0.39, 0.29) is 73.1 Å². The molecule has 0 spiro atoms. The van der Waals surface area contributed by atoms with Crippen molar-refractivity contribution in [2.45, 2.75) is 0 Å². The number of rotatable bonds is 2. The Morgan fingerprint density at radius 2 is 0.647 bits per heavy atom. The Morgan fingerprint density at radius 1 is 0.412 bits per heavy atom. The van der Waals surface area contributed by atoms with Crippen LogP contribution in [-0.4, -0.2) is 15.7 Å². The average Bonchev–Trinajstić information content (AvgIpc) is 3.12. The van der Waals surface area contributed by atoms with Gasteiger partial charge in [0.05, 0.1) is 4.47 Å². The Labute approximate surface area is 347 Å². The van der Waals surface area contributed by atoms with Crippen molar-refractivity contribution < 1.29 is 139 Å². The Balaban J connectivity index is 0.000000646. The van der Waals surface area contributed by atoms with Gasteiger partial charge in [-0.25, -0.2) is 71.3 Å². The van der Waals surface area contributed by atoms with E-state index in [1.165, 1.54) is 0 Å². The van der Waals surface area contributed by atoms with Crippen LogP contribution in [0.4, 0.5) is 77.2 Å². The first-order chi connectivity index (χ1) is 22.8. The first kappa shape index (κ1) is 48.8. The van der Waals surface area contributed by atoms with Gasteiger partial charge < -0.3 is 13.2 Å². The van der Waals surface area contributed by atoms with Crippen molar-refractivity contribution in [3.63, 3.8) is 0 Å². The maximum absolute atomic E-state index is 12.5. The van der Waals surface area contributed by atoms with Crippen molar-refractivity contribution >= 4 is 53.9 Å². The van der Waals surface area contributed by atoms with E-state index in [0.29, 0.717) is 0 Å². The van der Waals surface area contributed by atoms with Gasteiger partial charge in [-0.2, -0.15) is 0 Å². The van der Waals surface area contributed by atoms with Gasteiger partial charge >= 0.3 is 73.1 Å². The molecule has 0 aliphatic rings. The van der Waals surface area contributed by atoms with E-state index in [1.54, 1.807) is 0 Å². The molecule has 0 saturated carbocycles. The van der Waals surface area contributed by atoms with E-state index < -0.39 is 111 Å². The molecule has 0 fully saturated rings. The zero-order valence-corrected chi connectivity index (χ0v) is 30.6. The van der Waals surface area contributed by atoms with Crippen LogP contribution in [0.1, 0.15) is 0 Å². The summed E-state index contributed by atoms with van der Waals surface area (Å²) in [5, 5.41) is 4.44. The topological polar surface area (TPSA) is 14.1 Å². The van der Waals surface area contributed by atoms with Gasteiger partial charge in [-0.3, -0.25) is 0 Å². The third-order valence-electron chi connectivity index (χ3n) is 5.16. The van der Waals surface area contributed by atoms with Crippen LogP contribution in [0.25, 0.3) is 5.32 Å². The monoisotopic (exact) mass is 860 g/mol. The maximum atomic E-state index is 12.5. The van der Waals surface area contributed by atoms with E-state index in [0.717, 1.165) is 11.4 Å². The first-order valence-corrected chi connectivity index (χ1v) is 12.9. The second-order valence-corrected chi connectivity index (χ2v) is 9.14. The van der Waals surface area contributed by atoms with Gasteiger partial charge in [0.15, 0.2) is 58.2 Å². The number of hydrogen-bond donors (Lipinski definition) is 0. The Hall–Kier alpha value is -2.19. The maximum Gasteiger partial charge on any atom is 2.00 e. The average molecular weight is 861 g/mol. The molecular formula is C30H13B2BrF15KNTi. The van der Waals surface area contributed by atoms with Crippen LogP contribution in [-0.2, 0) is 21.7 Å². The fourth-order valence-electron chi connectivity index (χ4n) is 2.85. The van der Waals surface area contributed by atoms with Crippen molar-refractivity contribution in [2.24, 2.45) is 0 Å². The van der Waals surface area contributed by atoms with Crippen LogP contribution < -0.4 is 62.3 Å². The van der Waals surface area contributed by atoms with Crippen molar-refractivity contribution in [1.82, 2.24) is 0 Å². The SMILES string of the molecule is Fc1c(F)c(F)c(Br)c(F)c1F.[B-]c1c(F)c(F)c(F)c(F)c1F.[BH3-]c1c(F)c(F)c(F)c(F)c1F.[K+].[Ti+2].c1ccc([N-]c2ccccc2)cc1. The molecule has 0 aromatic heterocycles. The molecule has 0 unspecified atom stereocenters. The van der Waals surface area contributed by atoms with Crippen molar-refractivity contribution in [2.75, 3.05) is 0 Å². The minimum Gasteiger partial charge on any atom is -0.658 e. The van der Waals surface area contributed by atoms with Crippen LogP contribution >= 0.6 is 15.9 Å². The molecule has 5 rings (SSSR count). The number of benzene rings is 5. The number of para-hydroxylation sites is 2. The van der Waals surface area contributed by atoms with Crippen LogP contribution in [0, 0.1) is 87.3 Å². The van der Waals surface area contributed by atoms with Gasteiger partial charge in [-0.1, -0.05) is 60.7 Å². The van der Waals surface area contributed by atoms with E-state index in [1.807, 2.05) is 60.7 Å². The third kappa shape index (κ3) is 12.4. The summed E-state index contributed by atoms with van der Waals surface area (Å²) in [7, 11) is 3.50. The van der Waals surface area contributed by atoms with Gasteiger partial charge in [0, 0.05) is 0 Å². The molecule has 3 radical (unpaired) electrons. The molecule has 1 nitrogen and oxygen atoms in total. The van der Waals surface area contributed by atoms with Crippen LogP contribution in [0.3, 0.4) is 0 Å². The van der Waals surface area contributed by atoms with Gasteiger partial charge in [0.25, 0.3) is 0 Å². The molecule has 5 aromatic rings. The van der Waals surface area contributed by atoms with Crippen LogP contribution in [0.15, 0.2) is 65.1 Å². The zero-order chi connectivity index (χ0) is 37.3. The van der Waals surface area contributed by atoms with Crippen molar-refractivity contribution in [3.05, 3.63) is 158 Å². The molecule has 21 heteroatoms. The molecule has 0 atom stereocenters. The fourth-order valence-corrected chi connectivity index (χ4v) is 3.20. The Morgan fingerprint density at radius 3 is 0.941 bits per heavy atom. The molecule has 0 amide bonds. The number of halogens is 16. The number of hydrogen-bond acceptors (Lipinski definition) is 0. The normalized spacial score (nSPS) is 9.84. The Kier molecular flexibility index (Phi) is 21.2. The fraction of sp³-hybridized carbons (Fsp3) is 0. The summed E-state index contributed by atoms with van der Waals surface area (Å²) in [6.45, 7) is 0. The summed E-state index contributed by atoms with van der Waals surface area (Å²) in [6.07, 6.45) is 0. The van der Waals surface area contributed by atoms with Gasteiger partial charge in [0.2, 0.25) is 5.82 Å². The quantitative estimate of drug-likeness (QED) is 0.0935. The molecule has 51 heavy (non-hydrogen) atoms. The predicted octanol–water partition coefficient (Wildman–Crippen LogP) is 5.72. The van der Waals surface area contributed by atoms with E-state index in [9.17, 15) is 65.9 Å². The second-order valence-electron chi connectivity index (χ2n) is 8.35. The first-order valence-electron chi connectivity index (χ1n) is 12.1. The van der Waals surface area contributed by atoms with E-state index in [2.05, 4.69) is 29.1 Å². The van der Waals surface area contributed by atoms with Gasteiger partial charge in [-0.05, 0) is 23.8 Å². The largest absolute Gasteiger partial charge is 2.00 e. The Bertz CT molecular complexity index is 1430. The van der Waals surface area contributed by atoms with Crippen LogP contribution in [0.5, 0.6) is 0 Å². The molecule has 0 aliphatic carbocycles. The van der Waals surface area contributed by atoms with E-state index >= 15 is 0 Å². The summed E-state index contributed by atoms with van der Waals surface area (Å²) < 4.78 is 183. The smallest absolute Gasteiger partial charge is 0.658 e. The number of nitrogens with zero attached hydrogens (tertiary/aromatic N) is 1. The summed E-state index contributed by atoms with van der Waals surface area (Å²) in [6, 6.07) is 19.9. The minimum absolute atomic E-state index is 0. The molecule has 0 heterocycles. The molecule has 0 saturated heterocycles. The van der Waals surface area contributed by atoms with Crippen molar-refractivity contribution in [3.8, 4) is 0 Å². The van der Waals surface area contributed by atoms with E-state index in [4.69, 9.17) is 0 Å².